The van der Waals surface area contributed by atoms with Crippen LogP contribution in [-0.4, -0.2) is 62.1 Å². The van der Waals surface area contributed by atoms with Crippen molar-refractivity contribution in [3.63, 3.8) is 0 Å². The van der Waals surface area contributed by atoms with Crippen LogP contribution in [0.3, 0.4) is 0 Å². The summed E-state index contributed by atoms with van der Waals surface area (Å²) in [5, 5.41) is 0. The van der Waals surface area contributed by atoms with Crippen molar-refractivity contribution >= 4 is 5.91 Å². The number of benzene rings is 1. The van der Waals surface area contributed by atoms with Crippen molar-refractivity contribution in [3.05, 3.63) is 35.9 Å². The molecule has 0 bridgehead atoms. The molecule has 3 rings (SSSR count). The second kappa shape index (κ2) is 8.13. The zero-order chi connectivity index (χ0) is 16.8. The van der Waals surface area contributed by atoms with E-state index < -0.39 is 0 Å². The van der Waals surface area contributed by atoms with Gasteiger partial charge < -0.3 is 14.5 Å². The maximum atomic E-state index is 12.4. The van der Waals surface area contributed by atoms with Gasteiger partial charge in [0.2, 0.25) is 5.91 Å². The first kappa shape index (κ1) is 17.4. The molecule has 0 N–H and O–H groups in total. The molecule has 24 heavy (non-hydrogen) atoms. The zero-order valence-electron chi connectivity index (χ0n) is 14.9. The molecule has 2 aliphatic rings. The summed E-state index contributed by atoms with van der Waals surface area (Å²) >= 11 is 0. The van der Waals surface area contributed by atoms with Crippen LogP contribution < -0.4 is 0 Å². The number of ether oxygens (including phenoxy) is 1. The van der Waals surface area contributed by atoms with Crippen LogP contribution in [0.25, 0.3) is 0 Å². The highest BCUT2D eigenvalue weighted by Gasteiger charge is 2.44. The van der Waals surface area contributed by atoms with Gasteiger partial charge in [0.1, 0.15) is 0 Å². The Hall–Kier alpha value is -1.39. The number of carbonyl (C=O) groups is 1. The number of aryl methyl sites for hydroxylation is 1. The van der Waals surface area contributed by atoms with Crippen LogP contribution >= 0.6 is 0 Å². The standard InChI is InChI=1S/C20H30N2O2/c1-24-15-14-21-12-9-20(10-13-21)16-19(23)22(17-20)11-5-8-18-6-3-2-4-7-18/h2-4,6-7H,5,8-17H2,1H3. The van der Waals surface area contributed by atoms with Crippen LogP contribution in [0.15, 0.2) is 30.3 Å². The van der Waals surface area contributed by atoms with Crippen LogP contribution in [0, 0.1) is 5.41 Å². The van der Waals surface area contributed by atoms with Crippen molar-refractivity contribution in [2.75, 3.05) is 46.4 Å². The van der Waals surface area contributed by atoms with E-state index in [9.17, 15) is 4.79 Å². The lowest BCUT2D eigenvalue weighted by molar-refractivity contribution is -0.127. The van der Waals surface area contributed by atoms with E-state index in [1.165, 1.54) is 5.56 Å². The van der Waals surface area contributed by atoms with Gasteiger partial charge in [0.05, 0.1) is 6.61 Å². The Morgan fingerprint density at radius 3 is 2.58 bits per heavy atom. The molecule has 4 heteroatoms. The summed E-state index contributed by atoms with van der Waals surface area (Å²) in [7, 11) is 1.76. The highest BCUT2D eigenvalue weighted by molar-refractivity contribution is 5.79. The lowest BCUT2D eigenvalue weighted by Crippen LogP contribution is -2.42. The quantitative estimate of drug-likeness (QED) is 0.770. The Balaban J connectivity index is 1.44. The van der Waals surface area contributed by atoms with Gasteiger partial charge in [-0.3, -0.25) is 4.79 Å². The van der Waals surface area contributed by atoms with E-state index in [-0.39, 0.29) is 5.41 Å². The zero-order valence-corrected chi connectivity index (χ0v) is 14.9. The summed E-state index contributed by atoms with van der Waals surface area (Å²) in [4.78, 5) is 17.0. The Morgan fingerprint density at radius 1 is 1.12 bits per heavy atom. The highest BCUT2D eigenvalue weighted by Crippen LogP contribution is 2.40. The summed E-state index contributed by atoms with van der Waals surface area (Å²) in [6.45, 7) is 5.91. The Bertz CT molecular complexity index is 524. The second-order valence-electron chi connectivity index (χ2n) is 7.42. The summed E-state index contributed by atoms with van der Waals surface area (Å²) in [6.07, 6.45) is 5.18. The lowest BCUT2D eigenvalue weighted by Gasteiger charge is -2.38. The van der Waals surface area contributed by atoms with E-state index in [0.29, 0.717) is 5.91 Å². The van der Waals surface area contributed by atoms with Crippen molar-refractivity contribution in [2.24, 2.45) is 5.41 Å². The third kappa shape index (κ3) is 4.37. The van der Waals surface area contributed by atoms with Crippen molar-refractivity contribution in [3.8, 4) is 0 Å². The van der Waals surface area contributed by atoms with E-state index in [0.717, 1.165) is 71.4 Å². The average Bonchev–Trinajstić information content (AvgIpc) is 2.91. The molecule has 2 aliphatic heterocycles. The number of nitrogens with zero attached hydrogens (tertiary/aromatic N) is 2. The number of rotatable bonds is 7. The number of amides is 1. The number of piperidine rings is 1. The molecule has 1 aromatic carbocycles. The third-order valence-electron chi connectivity index (χ3n) is 5.67. The number of hydrogen-bond acceptors (Lipinski definition) is 3. The largest absolute Gasteiger partial charge is 0.383 e. The Morgan fingerprint density at radius 2 is 1.88 bits per heavy atom. The van der Waals surface area contributed by atoms with Gasteiger partial charge in [0.15, 0.2) is 0 Å². The molecule has 132 valence electrons. The molecule has 0 saturated carbocycles. The average molecular weight is 330 g/mol. The SMILES string of the molecule is COCCN1CCC2(CC1)CC(=O)N(CCCc1ccccc1)C2. The molecule has 1 amide bonds. The first-order chi connectivity index (χ1) is 11.7. The third-order valence-corrected chi connectivity index (χ3v) is 5.67. The van der Waals surface area contributed by atoms with Crippen LogP contribution in [-0.2, 0) is 16.0 Å². The molecule has 4 nitrogen and oxygen atoms in total. The minimum Gasteiger partial charge on any atom is -0.383 e. The van der Waals surface area contributed by atoms with Crippen molar-refractivity contribution in [2.45, 2.75) is 32.1 Å². The van der Waals surface area contributed by atoms with Gasteiger partial charge in [-0.25, -0.2) is 0 Å². The lowest BCUT2D eigenvalue weighted by atomic mass is 9.77. The van der Waals surface area contributed by atoms with Crippen molar-refractivity contribution < 1.29 is 9.53 Å². The first-order valence-electron chi connectivity index (χ1n) is 9.24. The van der Waals surface area contributed by atoms with E-state index in [1.807, 2.05) is 0 Å². The van der Waals surface area contributed by atoms with Gasteiger partial charge in [-0.2, -0.15) is 0 Å². The molecule has 0 unspecified atom stereocenters. The smallest absolute Gasteiger partial charge is 0.223 e. The monoisotopic (exact) mass is 330 g/mol. The Kier molecular flexibility index (Phi) is 5.90. The minimum atomic E-state index is 0.243. The van der Waals surface area contributed by atoms with Gasteiger partial charge in [-0.05, 0) is 49.8 Å². The van der Waals surface area contributed by atoms with E-state index in [4.69, 9.17) is 4.74 Å². The van der Waals surface area contributed by atoms with Crippen LogP contribution in [0.1, 0.15) is 31.2 Å². The molecule has 0 radical (unpaired) electrons. The number of methoxy groups -OCH3 is 1. The minimum absolute atomic E-state index is 0.243. The molecule has 0 aromatic heterocycles. The van der Waals surface area contributed by atoms with E-state index in [1.54, 1.807) is 7.11 Å². The number of likely N-dealkylation sites (tertiary alicyclic amines) is 2. The maximum absolute atomic E-state index is 12.4. The topological polar surface area (TPSA) is 32.8 Å². The molecule has 2 heterocycles. The molecule has 0 atom stereocenters. The van der Waals surface area contributed by atoms with Gasteiger partial charge in [0.25, 0.3) is 0 Å². The molecule has 2 fully saturated rings. The highest BCUT2D eigenvalue weighted by atomic mass is 16.5. The molecule has 2 saturated heterocycles. The van der Waals surface area contributed by atoms with Gasteiger partial charge in [-0.15, -0.1) is 0 Å². The first-order valence-corrected chi connectivity index (χ1v) is 9.24. The summed E-state index contributed by atoms with van der Waals surface area (Å²) in [5.74, 6) is 0.369. The summed E-state index contributed by atoms with van der Waals surface area (Å²) in [5.41, 5.74) is 1.61. The van der Waals surface area contributed by atoms with E-state index >= 15 is 0 Å². The van der Waals surface area contributed by atoms with Gasteiger partial charge in [-0.1, -0.05) is 30.3 Å². The molecule has 1 aromatic rings. The fourth-order valence-electron chi connectivity index (χ4n) is 4.11. The second-order valence-corrected chi connectivity index (χ2v) is 7.42. The molecule has 1 spiro atoms. The van der Waals surface area contributed by atoms with Crippen molar-refractivity contribution in [1.82, 2.24) is 9.80 Å². The van der Waals surface area contributed by atoms with Crippen LogP contribution in [0.5, 0.6) is 0 Å². The molecular weight excluding hydrogens is 300 g/mol. The number of carbonyl (C=O) groups excluding carboxylic acids is 1. The number of hydrogen-bond donors (Lipinski definition) is 0. The van der Waals surface area contributed by atoms with Gasteiger partial charge >= 0.3 is 0 Å². The maximum Gasteiger partial charge on any atom is 0.223 e. The fourth-order valence-corrected chi connectivity index (χ4v) is 4.11. The van der Waals surface area contributed by atoms with Crippen LogP contribution in [0.4, 0.5) is 0 Å². The van der Waals surface area contributed by atoms with Gasteiger partial charge in [0, 0.05) is 33.2 Å². The summed E-state index contributed by atoms with van der Waals surface area (Å²) < 4.78 is 5.17. The molecule has 0 aliphatic carbocycles. The van der Waals surface area contributed by atoms with E-state index in [2.05, 4.69) is 40.1 Å². The predicted molar refractivity (Wildman–Crippen MR) is 95.9 cm³/mol. The fraction of sp³-hybridized carbons (Fsp3) is 0.650. The normalized spacial score (nSPS) is 20.9. The molecular formula is C20H30N2O2. The summed E-state index contributed by atoms with van der Waals surface area (Å²) in [6, 6.07) is 10.6. The predicted octanol–water partition coefficient (Wildman–Crippen LogP) is 2.58. The van der Waals surface area contributed by atoms with Crippen molar-refractivity contribution in [1.29, 1.82) is 0 Å². The van der Waals surface area contributed by atoms with Crippen LogP contribution in [0.2, 0.25) is 0 Å². The Labute approximate surface area is 145 Å².